The van der Waals surface area contributed by atoms with E-state index in [4.69, 9.17) is 4.74 Å². The molecule has 0 heterocycles. The number of esters is 1. The van der Waals surface area contributed by atoms with Gasteiger partial charge in [-0.05, 0) is 22.4 Å². The average Bonchev–Trinajstić information content (AvgIpc) is 2.39. The van der Waals surface area contributed by atoms with Crippen molar-refractivity contribution in [3.63, 3.8) is 0 Å². The van der Waals surface area contributed by atoms with Gasteiger partial charge in [0.1, 0.15) is 0 Å². The van der Waals surface area contributed by atoms with E-state index in [1.165, 1.54) is 12.3 Å². The maximum absolute atomic E-state index is 11.2. The van der Waals surface area contributed by atoms with Crippen LogP contribution in [0.5, 0.6) is 0 Å². The summed E-state index contributed by atoms with van der Waals surface area (Å²) < 4.78 is 4.94. The second kappa shape index (κ2) is 5.82. The van der Waals surface area contributed by atoms with Crippen molar-refractivity contribution in [1.82, 2.24) is 0 Å². The van der Waals surface area contributed by atoms with Crippen molar-refractivity contribution in [1.29, 1.82) is 0 Å². The minimum absolute atomic E-state index is 0.222. The van der Waals surface area contributed by atoms with Crippen LogP contribution in [0.25, 0.3) is 16.8 Å². The van der Waals surface area contributed by atoms with Gasteiger partial charge in [0.2, 0.25) is 0 Å². The van der Waals surface area contributed by atoms with Crippen LogP contribution in [0.3, 0.4) is 0 Å². The van der Waals surface area contributed by atoms with Gasteiger partial charge in [0.25, 0.3) is 0 Å². The molecule has 90 valence electrons. The molecule has 0 radical (unpaired) electrons. The van der Waals surface area contributed by atoms with Gasteiger partial charge in [-0.2, -0.15) is 0 Å². The number of fused-ring (bicyclic) bond motifs is 1. The Kier molecular flexibility index (Phi) is 3.92. The van der Waals surface area contributed by atoms with Crippen molar-refractivity contribution in [3.05, 3.63) is 66.9 Å². The summed E-state index contributed by atoms with van der Waals surface area (Å²) in [5, 5.41) is 2.30. The summed E-state index contributed by atoms with van der Waals surface area (Å²) in [6.07, 6.45) is 4.96. The van der Waals surface area contributed by atoms with Crippen molar-refractivity contribution in [2.45, 2.75) is 6.42 Å². The van der Waals surface area contributed by atoms with Crippen molar-refractivity contribution >= 4 is 22.8 Å². The summed E-state index contributed by atoms with van der Waals surface area (Å²) in [7, 11) is 0. The van der Waals surface area contributed by atoms with Crippen LogP contribution in [0.2, 0.25) is 0 Å². The number of rotatable bonds is 4. The normalized spacial score (nSPS) is 10.7. The van der Waals surface area contributed by atoms with Crippen LogP contribution in [0.15, 0.2) is 61.4 Å². The number of carbonyl (C=O) groups excluding carboxylic acids is 1. The minimum atomic E-state index is -0.304. The van der Waals surface area contributed by atoms with Crippen molar-refractivity contribution in [2.75, 3.05) is 0 Å². The van der Waals surface area contributed by atoms with Crippen molar-refractivity contribution in [3.8, 4) is 0 Å². The zero-order valence-corrected chi connectivity index (χ0v) is 10.0. The molecular weight excluding hydrogens is 224 g/mol. The molecule has 18 heavy (non-hydrogen) atoms. The maximum Gasteiger partial charge on any atom is 0.314 e. The number of hydrogen-bond acceptors (Lipinski definition) is 2. The smallest absolute Gasteiger partial charge is 0.314 e. The Labute approximate surface area is 106 Å². The van der Waals surface area contributed by atoms with Crippen LogP contribution in [0.4, 0.5) is 0 Å². The van der Waals surface area contributed by atoms with E-state index in [2.05, 4.69) is 18.7 Å². The fraction of sp³-hybridized carbons (Fsp3) is 0.0625. The molecule has 2 heteroatoms. The van der Waals surface area contributed by atoms with E-state index >= 15 is 0 Å². The molecule has 2 aromatic carbocycles. The van der Waals surface area contributed by atoms with Crippen molar-refractivity contribution in [2.24, 2.45) is 0 Å². The predicted octanol–water partition coefficient (Wildman–Crippen LogP) is 3.93. The van der Waals surface area contributed by atoms with Gasteiger partial charge in [0, 0.05) is 0 Å². The molecule has 0 saturated heterocycles. The van der Waals surface area contributed by atoms with Crippen LogP contribution in [-0.4, -0.2) is 5.97 Å². The van der Waals surface area contributed by atoms with Crippen LogP contribution in [0.1, 0.15) is 12.0 Å². The van der Waals surface area contributed by atoms with Gasteiger partial charge in [-0.1, -0.05) is 48.5 Å². The fourth-order valence-corrected chi connectivity index (χ4v) is 1.74. The standard InChI is InChI=1S/C16H14O2/c1-2-6-16(17)18-12-11-14-9-5-8-13-7-3-4-10-15(13)14/h2-5,7-12H,1,6H2. The molecule has 0 aliphatic heterocycles. The van der Waals surface area contributed by atoms with Gasteiger partial charge < -0.3 is 4.74 Å². The highest BCUT2D eigenvalue weighted by molar-refractivity contribution is 5.90. The Bertz CT molecular complexity index is 592. The Balaban J connectivity index is 2.19. The summed E-state index contributed by atoms with van der Waals surface area (Å²) in [5.74, 6) is -0.304. The molecule has 0 N–H and O–H groups in total. The lowest BCUT2D eigenvalue weighted by atomic mass is 10.0. The Hall–Kier alpha value is -2.35. The molecular formula is C16H14O2. The molecule has 0 bridgehead atoms. The van der Waals surface area contributed by atoms with Crippen LogP contribution >= 0.6 is 0 Å². The zero-order valence-electron chi connectivity index (χ0n) is 10.0. The van der Waals surface area contributed by atoms with Gasteiger partial charge in [0.15, 0.2) is 0 Å². The molecule has 0 fully saturated rings. The fourth-order valence-electron chi connectivity index (χ4n) is 1.74. The monoisotopic (exact) mass is 238 g/mol. The molecule has 0 unspecified atom stereocenters. The summed E-state index contributed by atoms with van der Waals surface area (Å²) in [6.45, 7) is 3.48. The van der Waals surface area contributed by atoms with E-state index in [0.717, 1.165) is 16.3 Å². The number of hydrogen-bond donors (Lipinski definition) is 0. The van der Waals surface area contributed by atoms with Gasteiger partial charge >= 0.3 is 5.97 Å². The first-order valence-corrected chi connectivity index (χ1v) is 5.76. The topological polar surface area (TPSA) is 26.3 Å². The molecule has 0 saturated carbocycles. The molecule has 2 nitrogen and oxygen atoms in total. The van der Waals surface area contributed by atoms with E-state index in [-0.39, 0.29) is 12.4 Å². The van der Waals surface area contributed by atoms with Gasteiger partial charge in [-0.25, -0.2) is 0 Å². The zero-order chi connectivity index (χ0) is 12.8. The molecule has 2 aromatic rings. The van der Waals surface area contributed by atoms with Gasteiger partial charge in [-0.15, -0.1) is 6.58 Å². The Morgan fingerprint density at radius 3 is 2.78 bits per heavy atom. The first-order chi connectivity index (χ1) is 8.81. The highest BCUT2D eigenvalue weighted by Gasteiger charge is 1.98. The van der Waals surface area contributed by atoms with Gasteiger partial charge in [0.05, 0.1) is 12.7 Å². The predicted molar refractivity (Wildman–Crippen MR) is 73.9 cm³/mol. The van der Waals surface area contributed by atoms with E-state index in [1.54, 1.807) is 6.08 Å². The molecule has 0 amide bonds. The minimum Gasteiger partial charge on any atom is -0.434 e. The molecule has 0 aliphatic rings. The second-order valence-electron chi connectivity index (χ2n) is 3.85. The van der Waals surface area contributed by atoms with Crippen molar-refractivity contribution < 1.29 is 9.53 Å². The van der Waals surface area contributed by atoms with E-state index in [0.29, 0.717) is 0 Å². The number of ether oxygens (including phenoxy) is 1. The lowest BCUT2D eigenvalue weighted by Crippen LogP contribution is -1.95. The maximum atomic E-state index is 11.2. The number of carbonyl (C=O) groups is 1. The number of benzene rings is 2. The third-order valence-corrected chi connectivity index (χ3v) is 2.58. The lowest BCUT2D eigenvalue weighted by Gasteiger charge is -2.01. The molecule has 2 rings (SSSR count). The van der Waals surface area contributed by atoms with E-state index in [1.807, 2.05) is 30.3 Å². The quantitative estimate of drug-likeness (QED) is 0.458. The van der Waals surface area contributed by atoms with Gasteiger partial charge in [-0.3, -0.25) is 4.79 Å². The first-order valence-electron chi connectivity index (χ1n) is 5.76. The summed E-state index contributed by atoms with van der Waals surface area (Å²) in [6, 6.07) is 14.1. The Morgan fingerprint density at radius 1 is 1.17 bits per heavy atom. The third kappa shape index (κ3) is 2.86. The third-order valence-electron chi connectivity index (χ3n) is 2.58. The highest BCUT2D eigenvalue weighted by atomic mass is 16.5. The SMILES string of the molecule is C=CCC(=O)OC=Cc1cccc2ccccc12. The van der Waals surface area contributed by atoms with Crippen LogP contribution < -0.4 is 0 Å². The Morgan fingerprint density at radius 2 is 1.94 bits per heavy atom. The average molecular weight is 238 g/mol. The van der Waals surface area contributed by atoms with E-state index in [9.17, 15) is 4.79 Å². The molecule has 0 atom stereocenters. The molecule has 0 aliphatic carbocycles. The highest BCUT2D eigenvalue weighted by Crippen LogP contribution is 2.19. The first kappa shape index (κ1) is 12.1. The summed E-state index contributed by atoms with van der Waals surface area (Å²) in [5.41, 5.74) is 1.03. The van der Waals surface area contributed by atoms with Crippen LogP contribution in [0, 0.1) is 0 Å². The van der Waals surface area contributed by atoms with E-state index < -0.39 is 0 Å². The van der Waals surface area contributed by atoms with Crippen LogP contribution in [-0.2, 0) is 9.53 Å². The summed E-state index contributed by atoms with van der Waals surface area (Å²) >= 11 is 0. The summed E-state index contributed by atoms with van der Waals surface area (Å²) in [4.78, 5) is 11.2. The molecule has 0 spiro atoms. The molecule has 0 aromatic heterocycles. The lowest BCUT2D eigenvalue weighted by molar-refractivity contribution is -0.136. The second-order valence-corrected chi connectivity index (χ2v) is 3.85. The largest absolute Gasteiger partial charge is 0.434 e.